The van der Waals surface area contributed by atoms with E-state index in [-0.39, 0.29) is 0 Å². The van der Waals surface area contributed by atoms with Crippen molar-refractivity contribution in [3.8, 4) is 0 Å². The van der Waals surface area contributed by atoms with Crippen LogP contribution in [0, 0.1) is 0 Å². The number of halogens is 1. The van der Waals surface area contributed by atoms with E-state index in [1.165, 1.54) is 0 Å². The van der Waals surface area contributed by atoms with Gasteiger partial charge in [-0.1, -0.05) is 22.6 Å². The zero-order valence-electron chi connectivity index (χ0n) is 6.03. The van der Waals surface area contributed by atoms with Gasteiger partial charge in [0.1, 0.15) is 6.61 Å². The Bertz CT molecular complexity index is 193. The predicted molar refractivity (Wildman–Crippen MR) is 50.6 cm³/mol. The molecule has 0 unspecified atom stereocenters. The van der Waals surface area contributed by atoms with Gasteiger partial charge in [-0.2, -0.15) is 0 Å². The van der Waals surface area contributed by atoms with Crippen LogP contribution in [0.25, 0.3) is 0 Å². The quantitative estimate of drug-likeness (QED) is 0.468. The molecule has 0 atom stereocenters. The normalized spacial score (nSPS) is 9.91. The van der Waals surface area contributed by atoms with Gasteiger partial charge in [0, 0.05) is 16.8 Å². The number of ether oxygens (including phenoxy) is 1. The third-order valence-corrected chi connectivity index (χ3v) is 1.51. The molecule has 4 heteroatoms. The predicted octanol–water partition coefficient (Wildman–Crippen LogP) is 1.43. The van der Waals surface area contributed by atoms with Crippen molar-refractivity contribution in [1.82, 2.24) is 9.97 Å². The molecule has 0 saturated carbocycles. The van der Waals surface area contributed by atoms with Gasteiger partial charge < -0.3 is 4.74 Å². The number of hydrogen-bond acceptors (Lipinski definition) is 3. The van der Waals surface area contributed by atoms with E-state index in [0.717, 1.165) is 16.9 Å². The number of hydrogen-bond donors (Lipinski definition) is 0. The van der Waals surface area contributed by atoms with Crippen molar-refractivity contribution < 1.29 is 4.74 Å². The number of rotatable bonds is 4. The van der Waals surface area contributed by atoms with Gasteiger partial charge in [-0.25, -0.2) is 9.97 Å². The summed E-state index contributed by atoms with van der Waals surface area (Å²) in [5.74, 6) is 0.748. The molecule has 1 rings (SSSR count). The lowest BCUT2D eigenvalue weighted by atomic mass is 10.6. The van der Waals surface area contributed by atoms with E-state index in [1.807, 2.05) is 0 Å². The summed E-state index contributed by atoms with van der Waals surface area (Å²) in [5, 5.41) is 0. The molecule has 0 aliphatic rings. The molecule has 1 heterocycles. The molecular formula is C7H9IN2O. The Morgan fingerprint density at radius 1 is 1.36 bits per heavy atom. The Balaban J connectivity index is 2.28. The smallest absolute Gasteiger partial charge is 0.153 e. The van der Waals surface area contributed by atoms with Crippen LogP contribution in [-0.2, 0) is 11.3 Å². The largest absolute Gasteiger partial charge is 0.373 e. The van der Waals surface area contributed by atoms with Crippen molar-refractivity contribution in [2.24, 2.45) is 0 Å². The van der Waals surface area contributed by atoms with E-state index in [1.54, 1.807) is 18.5 Å². The number of alkyl halides is 1. The van der Waals surface area contributed by atoms with Crippen LogP contribution in [0.3, 0.4) is 0 Å². The van der Waals surface area contributed by atoms with Gasteiger partial charge in [-0.15, -0.1) is 0 Å². The first-order chi connectivity index (χ1) is 5.43. The molecule has 0 aliphatic carbocycles. The van der Waals surface area contributed by atoms with E-state index in [9.17, 15) is 0 Å². The van der Waals surface area contributed by atoms with Crippen LogP contribution < -0.4 is 0 Å². The molecule has 0 saturated heterocycles. The second kappa shape index (κ2) is 5.42. The molecule has 0 N–H and O–H groups in total. The van der Waals surface area contributed by atoms with E-state index >= 15 is 0 Å². The second-order valence-electron chi connectivity index (χ2n) is 1.91. The number of aromatic nitrogens is 2. The van der Waals surface area contributed by atoms with Gasteiger partial charge in [0.05, 0.1) is 6.61 Å². The molecule has 0 spiro atoms. The van der Waals surface area contributed by atoms with Crippen molar-refractivity contribution in [3.63, 3.8) is 0 Å². The highest BCUT2D eigenvalue weighted by Crippen LogP contribution is 1.91. The Kier molecular flexibility index (Phi) is 4.37. The fourth-order valence-electron chi connectivity index (χ4n) is 0.623. The maximum absolute atomic E-state index is 5.24. The lowest BCUT2D eigenvalue weighted by molar-refractivity contribution is 0.132. The first kappa shape index (κ1) is 8.86. The van der Waals surface area contributed by atoms with Crippen molar-refractivity contribution in [1.29, 1.82) is 0 Å². The van der Waals surface area contributed by atoms with E-state index in [2.05, 4.69) is 32.6 Å². The lowest BCUT2D eigenvalue weighted by Crippen LogP contribution is -1.99. The molecule has 0 radical (unpaired) electrons. The Morgan fingerprint density at radius 2 is 2.09 bits per heavy atom. The molecule has 60 valence electrons. The van der Waals surface area contributed by atoms with Crippen LogP contribution in [0.4, 0.5) is 0 Å². The van der Waals surface area contributed by atoms with E-state index < -0.39 is 0 Å². The van der Waals surface area contributed by atoms with Gasteiger partial charge in [-0.05, 0) is 6.07 Å². The van der Waals surface area contributed by atoms with Gasteiger partial charge in [0.25, 0.3) is 0 Å². The summed E-state index contributed by atoms with van der Waals surface area (Å²) in [6.45, 7) is 1.28. The molecule has 0 bridgehead atoms. The first-order valence-corrected chi connectivity index (χ1v) is 4.85. The highest BCUT2D eigenvalue weighted by atomic mass is 127. The third-order valence-electron chi connectivity index (χ3n) is 1.07. The van der Waals surface area contributed by atoms with Gasteiger partial charge in [0.2, 0.25) is 0 Å². The SMILES string of the molecule is ICCOCc1ncccn1. The van der Waals surface area contributed by atoms with Crippen LogP contribution in [0.15, 0.2) is 18.5 Å². The molecule has 1 aromatic heterocycles. The van der Waals surface area contributed by atoms with Crippen LogP contribution in [0.1, 0.15) is 5.82 Å². The lowest BCUT2D eigenvalue weighted by Gasteiger charge is -1.98. The topological polar surface area (TPSA) is 35.0 Å². The summed E-state index contributed by atoms with van der Waals surface area (Å²) in [6.07, 6.45) is 3.44. The third kappa shape index (κ3) is 3.62. The average molecular weight is 264 g/mol. The Hall–Kier alpha value is -0.230. The zero-order chi connectivity index (χ0) is 7.94. The zero-order valence-corrected chi connectivity index (χ0v) is 8.19. The van der Waals surface area contributed by atoms with E-state index in [0.29, 0.717) is 6.61 Å². The minimum atomic E-state index is 0.518. The van der Waals surface area contributed by atoms with Crippen LogP contribution in [-0.4, -0.2) is 21.0 Å². The maximum atomic E-state index is 5.24. The van der Waals surface area contributed by atoms with Gasteiger partial charge >= 0.3 is 0 Å². The Labute approximate surface area is 79.3 Å². The van der Waals surface area contributed by atoms with Crippen LogP contribution in [0.2, 0.25) is 0 Å². The molecule has 1 aromatic rings. The molecule has 0 fully saturated rings. The first-order valence-electron chi connectivity index (χ1n) is 3.33. The highest BCUT2D eigenvalue weighted by molar-refractivity contribution is 14.1. The van der Waals surface area contributed by atoms with E-state index in [4.69, 9.17) is 4.74 Å². The summed E-state index contributed by atoms with van der Waals surface area (Å²) >= 11 is 2.26. The Morgan fingerprint density at radius 3 is 2.73 bits per heavy atom. The maximum Gasteiger partial charge on any atom is 0.153 e. The monoisotopic (exact) mass is 264 g/mol. The van der Waals surface area contributed by atoms with Gasteiger partial charge in [0.15, 0.2) is 5.82 Å². The van der Waals surface area contributed by atoms with Crippen LogP contribution >= 0.6 is 22.6 Å². The molecule has 11 heavy (non-hydrogen) atoms. The van der Waals surface area contributed by atoms with Crippen molar-refractivity contribution >= 4 is 22.6 Å². The van der Waals surface area contributed by atoms with Crippen LogP contribution in [0.5, 0.6) is 0 Å². The van der Waals surface area contributed by atoms with Crippen molar-refractivity contribution in [2.75, 3.05) is 11.0 Å². The summed E-state index contributed by atoms with van der Waals surface area (Å²) < 4.78 is 6.24. The minimum Gasteiger partial charge on any atom is -0.373 e. The molecule has 0 aromatic carbocycles. The average Bonchev–Trinajstić information content (AvgIpc) is 2.07. The minimum absolute atomic E-state index is 0.518. The highest BCUT2D eigenvalue weighted by Gasteiger charge is 1.92. The molecule has 0 amide bonds. The number of nitrogens with zero attached hydrogens (tertiary/aromatic N) is 2. The summed E-state index contributed by atoms with van der Waals surface area (Å²) in [4.78, 5) is 8.02. The summed E-state index contributed by atoms with van der Waals surface area (Å²) in [5.41, 5.74) is 0. The van der Waals surface area contributed by atoms with Crippen molar-refractivity contribution in [2.45, 2.75) is 6.61 Å². The molecular weight excluding hydrogens is 255 g/mol. The summed E-state index contributed by atoms with van der Waals surface area (Å²) in [6, 6.07) is 1.79. The fraction of sp³-hybridized carbons (Fsp3) is 0.429. The second-order valence-corrected chi connectivity index (χ2v) is 2.99. The molecule has 0 aliphatic heterocycles. The summed E-state index contributed by atoms with van der Waals surface area (Å²) in [7, 11) is 0. The van der Waals surface area contributed by atoms with Gasteiger partial charge in [-0.3, -0.25) is 0 Å². The molecule has 3 nitrogen and oxygen atoms in total. The fourth-order valence-corrected chi connectivity index (χ4v) is 0.934. The van der Waals surface area contributed by atoms with Crippen molar-refractivity contribution in [3.05, 3.63) is 24.3 Å². The standard InChI is InChI=1S/C7H9IN2O/c8-2-5-11-6-7-9-3-1-4-10-7/h1,3-4H,2,5-6H2.